The number of anilines is 2. The monoisotopic (exact) mass is 1720 g/mol. The van der Waals surface area contributed by atoms with Crippen LogP contribution in [0.4, 0.5) is 22.1 Å². The third-order valence-corrected chi connectivity index (χ3v) is 24.8. The standard InChI is InChI=1S/C44H62N4O5.C29H47N4O15P3S4.O3S/c1-8-28-53-42(50)46-26-30-52-32-31-51-29-25-45-41(49)22-14-11-17-27-48-38-24-23-34(3)33-36(38)44(6,7)40(48)21-13-10-12-20-39-43(4,5)35-18-15-16-19-37(35)47(39)9-2;1-29(2,3)54-53-18-43-14-10-6-5-7-12-21(34)13-9-8-11-20-16-33(26-25(20)27(35)32-28(30)31-26)24-15-22(44-19-55(4)52)23(46-24)17-45-50(39,40)48-51(41,42)47-49(36,37)38;1-4(2)3/h10,12-13,15-16,18-21,23-24,33H,8-9,11,14,17,22,25-32H2,1-7H3,(H-,45,46,49,50);16,22-24H,5-7,9-10,12-15,17-19H2,1-4H3,(H,39,40)(H,41,42)(H2,36,37,38)(H3,30,31,32,35);/p+1/t;22-,23+,24+,55?;/m.0./s1. The first-order valence-corrected chi connectivity index (χ1v) is 47.3. The molecular formula is C73H110N8O23P3S5+. The fourth-order valence-electron chi connectivity index (χ4n) is 12.2. The Balaban J connectivity index is 0.000000382. The van der Waals surface area contributed by atoms with Gasteiger partial charge in [0.05, 0.1) is 68.0 Å². The van der Waals surface area contributed by atoms with Crippen LogP contribution in [-0.2, 0) is 107 Å². The molecule has 1 saturated heterocycles. The van der Waals surface area contributed by atoms with E-state index in [1.54, 1.807) is 27.8 Å². The lowest BCUT2D eigenvalue weighted by Gasteiger charge is -2.25. The molecule has 624 valence electrons. The van der Waals surface area contributed by atoms with Crippen molar-refractivity contribution in [1.29, 1.82) is 0 Å². The van der Waals surface area contributed by atoms with E-state index < -0.39 is 80.2 Å². The van der Waals surface area contributed by atoms with Gasteiger partial charge in [0, 0.05) is 110 Å². The number of phosphoric acid groups is 3. The average molecular weight is 1720 g/mol. The van der Waals surface area contributed by atoms with Crippen LogP contribution in [0.25, 0.3) is 11.0 Å². The molecule has 5 heterocycles. The Bertz CT molecular complexity index is 4340. The van der Waals surface area contributed by atoms with E-state index in [2.05, 4.69) is 186 Å². The Morgan fingerprint density at radius 3 is 2.21 bits per heavy atom. The number of hydrogen-bond acceptors (Lipinski definition) is 25. The molecule has 112 heavy (non-hydrogen) atoms. The summed E-state index contributed by atoms with van der Waals surface area (Å²) >= 11 is 5.20. The smallest absolute Gasteiger partial charge is 0.450 e. The summed E-state index contributed by atoms with van der Waals surface area (Å²) in [5.41, 5.74) is 14.7. The summed E-state index contributed by atoms with van der Waals surface area (Å²) in [6.07, 6.45) is 19.7. The number of nitrogens with one attached hydrogen (secondary N) is 3. The van der Waals surface area contributed by atoms with Gasteiger partial charge in [-0.15, -0.1) is 12.6 Å². The van der Waals surface area contributed by atoms with Crippen molar-refractivity contribution in [2.45, 2.75) is 187 Å². The van der Waals surface area contributed by atoms with Crippen LogP contribution in [0.5, 0.6) is 0 Å². The maximum Gasteiger partial charge on any atom is 0.490 e. The van der Waals surface area contributed by atoms with Crippen molar-refractivity contribution in [3.63, 3.8) is 0 Å². The number of phosphoric ester groups is 1. The molecule has 3 aliphatic rings. The Morgan fingerprint density at radius 1 is 0.848 bits per heavy atom. The summed E-state index contributed by atoms with van der Waals surface area (Å²) in [4.78, 5) is 95.4. The highest BCUT2D eigenvalue weighted by atomic mass is 33.1. The molecule has 9 N–H and O–H groups in total. The number of carbonyl (C=O) groups is 3. The maximum atomic E-state index is 13.0. The number of aromatic amines is 1. The zero-order valence-corrected chi connectivity index (χ0v) is 72.2. The van der Waals surface area contributed by atoms with Crippen molar-refractivity contribution in [3.8, 4) is 11.8 Å². The molecule has 7 rings (SSSR count). The number of aromatic nitrogens is 3. The Hall–Kier alpha value is -5.58. The molecule has 0 saturated carbocycles. The van der Waals surface area contributed by atoms with Crippen molar-refractivity contribution in [3.05, 3.63) is 117 Å². The summed E-state index contributed by atoms with van der Waals surface area (Å²) in [6.45, 7) is 26.8. The predicted octanol–water partition coefficient (Wildman–Crippen LogP) is 11.8. The maximum absolute atomic E-state index is 13.0. The lowest BCUT2D eigenvalue weighted by molar-refractivity contribution is -0.438. The number of likely N-dealkylation sites (N-methyl/N-ethyl adjacent to an activating group) is 1. The molecule has 3 unspecified atom stereocenters. The van der Waals surface area contributed by atoms with E-state index in [1.807, 2.05) is 6.92 Å². The molecular weight excluding hydrogens is 1610 g/mol. The summed E-state index contributed by atoms with van der Waals surface area (Å²) in [6, 6.07) is 15.5. The van der Waals surface area contributed by atoms with Crippen LogP contribution in [0.15, 0.2) is 89.5 Å². The molecule has 1 fully saturated rings. The van der Waals surface area contributed by atoms with Gasteiger partial charge in [-0.3, -0.25) is 23.9 Å². The van der Waals surface area contributed by atoms with Crippen LogP contribution in [-0.4, -0.2) is 182 Å². The molecule has 6 atom stereocenters. The minimum absolute atomic E-state index is 0.0440. The number of unbranched alkanes of at least 4 members (excludes halogenated alkanes) is 5. The van der Waals surface area contributed by atoms with Gasteiger partial charge >= 0.3 is 40.2 Å². The van der Waals surface area contributed by atoms with Crippen LogP contribution in [0.1, 0.15) is 174 Å². The second-order valence-corrected chi connectivity index (χ2v) is 39.1. The van der Waals surface area contributed by atoms with Crippen LogP contribution in [0.2, 0.25) is 0 Å². The average Bonchev–Trinajstić information content (AvgIpc) is 1.62. The van der Waals surface area contributed by atoms with Crippen molar-refractivity contribution in [2.24, 2.45) is 0 Å². The summed E-state index contributed by atoms with van der Waals surface area (Å²) in [5, 5.41) is 5.68. The number of ether oxygens (including phenoxy) is 6. The van der Waals surface area contributed by atoms with E-state index in [0.717, 1.165) is 64.5 Å². The highest BCUT2D eigenvalue weighted by Crippen LogP contribution is 2.66. The van der Waals surface area contributed by atoms with Gasteiger partial charge in [-0.1, -0.05) is 145 Å². The van der Waals surface area contributed by atoms with Crippen molar-refractivity contribution in [1.82, 2.24) is 25.2 Å². The number of hydrogen-bond donors (Lipinski definition) is 8. The van der Waals surface area contributed by atoms with Gasteiger partial charge in [0.25, 0.3) is 5.56 Å². The fourth-order valence-corrected chi connectivity index (χ4v) is 17.8. The van der Waals surface area contributed by atoms with Gasteiger partial charge in [-0.05, 0) is 101 Å². The van der Waals surface area contributed by atoms with Gasteiger partial charge < -0.3 is 73.8 Å². The third-order valence-electron chi connectivity index (χ3n) is 17.2. The van der Waals surface area contributed by atoms with E-state index in [4.69, 9.17) is 72.3 Å². The number of allylic oxidation sites excluding steroid dienone is 6. The molecule has 0 aliphatic carbocycles. The molecule has 2 amide bonds. The van der Waals surface area contributed by atoms with Crippen LogP contribution >= 0.6 is 45.1 Å². The molecule has 4 aromatic rings. The summed E-state index contributed by atoms with van der Waals surface area (Å²) in [7, 11) is -17.0. The molecule has 0 bridgehead atoms. The van der Waals surface area contributed by atoms with Gasteiger partial charge in [-0.2, -0.15) is 18.2 Å². The first-order valence-electron chi connectivity index (χ1n) is 36.7. The van der Waals surface area contributed by atoms with Gasteiger partial charge in [0.15, 0.2) is 11.4 Å². The molecule has 2 aromatic heterocycles. The van der Waals surface area contributed by atoms with Crippen LogP contribution in [0.3, 0.4) is 0 Å². The topological polar surface area (TPSA) is 425 Å². The SMILES string of the molecule is CCCOC(=O)NCCOCCOCCNC(=O)CCCCC[N+]1=C(/C=C/C=C/C=C2\N(CC)c3ccccc3C2(C)C)C(C)(C)c2cc(C)ccc21.CS(=S)CO[C@H]1C[C@H](n2cc(C#CCCC(=O)CCCCCCOCSSC(C)(C)C)c3c(=O)[nH]c(N)nc32)O[C@@H]1COP(=O)(O)OP(=O)(O)OP(=O)(O)O.O=S(=O)=O. The fraction of sp³-hybridized carbons (Fsp3) is 0.589. The first-order chi connectivity index (χ1) is 52.8. The number of benzene rings is 2. The Kier molecular flexibility index (Phi) is 41.2. The quantitative estimate of drug-likeness (QED) is 0.00388. The largest absolute Gasteiger partial charge is 0.490 e. The normalized spacial score (nSPS) is 18.1. The van der Waals surface area contributed by atoms with E-state index >= 15 is 0 Å². The Labute approximate surface area is 672 Å². The van der Waals surface area contributed by atoms with Crippen LogP contribution in [0, 0.1) is 18.8 Å². The Morgan fingerprint density at radius 2 is 1.53 bits per heavy atom. The highest BCUT2D eigenvalue weighted by molar-refractivity contribution is 8.77. The number of carbonyl (C=O) groups excluding carboxylic acids is 3. The number of amides is 2. The van der Waals surface area contributed by atoms with E-state index in [1.165, 1.54) is 50.2 Å². The number of ketones is 1. The number of aryl methyl sites for hydroxylation is 1. The molecule has 0 spiro atoms. The van der Waals surface area contributed by atoms with E-state index in [9.17, 15) is 42.7 Å². The number of alkyl carbamates (subject to hydrolysis) is 1. The molecule has 2 aromatic carbocycles. The third kappa shape index (κ3) is 33.9. The van der Waals surface area contributed by atoms with E-state index in [-0.39, 0.29) is 75.0 Å². The molecule has 3 aliphatic heterocycles. The second kappa shape index (κ2) is 47.6. The molecule has 0 radical (unpaired) electrons. The van der Waals surface area contributed by atoms with Crippen molar-refractivity contribution < 1.29 is 106 Å². The van der Waals surface area contributed by atoms with Crippen molar-refractivity contribution in [2.75, 3.05) is 101 Å². The van der Waals surface area contributed by atoms with Gasteiger partial charge in [-0.25, -0.2) is 18.5 Å². The first kappa shape index (κ1) is 97.0. The number of para-hydroxylation sites is 1. The lowest BCUT2D eigenvalue weighted by atomic mass is 9.81. The zero-order valence-electron chi connectivity index (χ0n) is 65.4. The number of Topliss-reactive ketones (excluding diaryl/α,β-unsaturated/α-hetero) is 1. The van der Waals surface area contributed by atoms with Crippen molar-refractivity contribution >= 4 is 128 Å². The lowest BCUT2D eigenvalue weighted by Crippen LogP contribution is -2.29. The summed E-state index contributed by atoms with van der Waals surface area (Å²) < 4.78 is 110. The number of H-pyrrole nitrogens is 1. The van der Waals surface area contributed by atoms with Gasteiger partial charge in [0.2, 0.25) is 17.5 Å². The second-order valence-electron chi connectivity index (χ2n) is 28.1. The van der Waals surface area contributed by atoms with Crippen LogP contribution < -0.4 is 26.8 Å². The molecule has 31 nitrogen and oxygen atoms in total. The number of nitrogens with two attached hydrogens (primary N) is 1. The number of nitrogens with zero attached hydrogens (tertiary/aromatic N) is 4. The predicted molar refractivity (Wildman–Crippen MR) is 439 cm³/mol. The number of rotatable bonds is 44. The summed E-state index contributed by atoms with van der Waals surface area (Å²) in [5.74, 6) is 6.55. The zero-order chi connectivity index (χ0) is 82.9. The molecule has 39 heteroatoms. The van der Waals surface area contributed by atoms with Gasteiger partial charge in [0.1, 0.15) is 30.6 Å². The minimum atomic E-state index is -5.75. The number of fused-ring (bicyclic) bond motifs is 3. The highest BCUT2D eigenvalue weighted by Gasteiger charge is 2.46. The minimum Gasteiger partial charge on any atom is -0.450 e. The number of nitrogen functional groups attached to an aromatic ring is 1. The van der Waals surface area contributed by atoms with E-state index in [0.29, 0.717) is 71.5 Å².